The van der Waals surface area contributed by atoms with E-state index >= 15 is 0 Å². The Labute approximate surface area is 119 Å². The fourth-order valence-electron chi connectivity index (χ4n) is 2.40. The van der Waals surface area contributed by atoms with Gasteiger partial charge in [0.15, 0.2) is 0 Å². The maximum atomic E-state index is 12.1. The summed E-state index contributed by atoms with van der Waals surface area (Å²) in [5.41, 5.74) is 0. The first-order valence-corrected chi connectivity index (χ1v) is 8.44. The molecule has 1 heterocycles. The third-order valence-corrected chi connectivity index (χ3v) is 5.61. The van der Waals surface area contributed by atoms with E-state index in [1.807, 2.05) is 0 Å². The monoisotopic (exact) mass is 302 g/mol. The number of nitrogens with zero attached hydrogens (tertiary/aromatic N) is 1. The number of pyridine rings is 1. The molecule has 0 radical (unpaired) electrons. The van der Waals surface area contributed by atoms with Gasteiger partial charge in [-0.15, -0.1) is 0 Å². The largest absolute Gasteiger partial charge is 0.263 e. The van der Waals surface area contributed by atoms with Gasteiger partial charge < -0.3 is 0 Å². The zero-order valence-corrected chi connectivity index (χ0v) is 12.5. The van der Waals surface area contributed by atoms with Crippen molar-refractivity contribution in [3.8, 4) is 0 Å². The number of rotatable bonds is 4. The molecule has 0 bridgehead atoms. The number of sulfonamides is 1. The van der Waals surface area contributed by atoms with Crippen molar-refractivity contribution in [1.29, 1.82) is 0 Å². The van der Waals surface area contributed by atoms with Gasteiger partial charge in [-0.2, -0.15) is 0 Å². The van der Waals surface area contributed by atoms with Crippen LogP contribution in [0.15, 0.2) is 23.4 Å². The molecule has 106 valence electrons. The Morgan fingerprint density at radius 3 is 2.68 bits per heavy atom. The summed E-state index contributed by atoms with van der Waals surface area (Å²) in [7, 11) is -3.55. The van der Waals surface area contributed by atoms with Crippen LogP contribution in [0.5, 0.6) is 0 Å². The lowest BCUT2D eigenvalue weighted by molar-refractivity contribution is 0.290. The van der Waals surface area contributed by atoms with Gasteiger partial charge >= 0.3 is 0 Å². The first-order chi connectivity index (χ1) is 8.99. The summed E-state index contributed by atoms with van der Waals surface area (Å²) >= 11 is 5.89. The van der Waals surface area contributed by atoms with Crippen LogP contribution in [-0.4, -0.2) is 19.9 Å². The van der Waals surface area contributed by atoms with Crippen LogP contribution in [-0.2, 0) is 10.0 Å². The molecule has 1 aliphatic rings. The molecule has 2 rings (SSSR count). The van der Waals surface area contributed by atoms with Crippen molar-refractivity contribution in [2.75, 3.05) is 6.54 Å². The Morgan fingerprint density at radius 2 is 2.05 bits per heavy atom. The summed E-state index contributed by atoms with van der Waals surface area (Å²) < 4.78 is 26.9. The molecule has 0 aliphatic heterocycles. The van der Waals surface area contributed by atoms with Crippen molar-refractivity contribution in [3.63, 3.8) is 0 Å². The second kappa shape index (κ2) is 6.20. The first-order valence-electron chi connectivity index (χ1n) is 6.58. The maximum absolute atomic E-state index is 12.1. The summed E-state index contributed by atoms with van der Waals surface area (Å²) in [6, 6.07) is 1.48. The SMILES string of the molecule is CC1CCC(CNS(=O)(=O)c2cnccc2Cl)CC1. The molecule has 1 aliphatic carbocycles. The second-order valence-electron chi connectivity index (χ2n) is 5.28. The molecular weight excluding hydrogens is 284 g/mol. The highest BCUT2D eigenvalue weighted by atomic mass is 35.5. The van der Waals surface area contributed by atoms with Crippen LogP contribution in [0.2, 0.25) is 5.02 Å². The highest BCUT2D eigenvalue weighted by Crippen LogP contribution is 2.28. The van der Waals surface area contributed by atoms with Crippen molar-refractivity contribution in [2.45, 2.75) is 37.5 Å². The van der Waals surface area contributed by atoms with Crippen LogP contribution in [0.1, 0.15) is 32.6 Å². The molecular formula is C13H19ClN2O2S. The summed E-state index contributed by atoms with van der Waals surface area (Å²) in [4.78, 5) is 3.87. The lowest BCUT2D eigenvalue weighted by atomic mass is 9.83. The number of hydrogen-bond donors (Lipinski definition) is 1. The highest BCUT2D eigenvalue weighted by Gasteiger charge is 2.22. The van der Waals surface area contributed by atoms with Gasteiger partial charge in [-0.3, -0.25) is 4.98 Å². The normalized spacial score (nSPS) is 24.3. The molecule has 1 N–H and O–H groups in total. The van der Waals surface area contributed by atoms with E-state index in [-0.39, 0.29) is 9.92 Å². The molecule has 0 aromatic carbocycles. The van der Waals surface area contributed by atoms with E-state index in [9.17, 15) is 8.42 Å². The number of halogens is 1. The van der Waals surface area contributed by atoms with Crippen molar-refractivity contribution in [2.24, 2.45) is 11.8 Å². The van der Waals surface area contributed by atoms with Crippen molar-refractivity contribution in [1.82, 2.24) is 9.71 Å². The zero-order chi connectivity index (χ0) is 13.9. The fourth-order valence-corrected chi connectivity index (χ4v) is 3.94. The van der Waals surface area contributed by atoms with E-state index in [2.05, 4.69) is 16.6 Å². The molecule has 1 aromatic rings. The van der Waals surface area contributed by atoms with Gasteiger partial charge in [0.2, 0.25) is 10.0 Å². The van der Waals surface area contributed by atoms with Crippen LogP contribution >= 0.6 is 11.6 Å². The van der Waals surface area contributed by atoms with E-state index in [4.69, 9.17) is 11.6 Å². The fraction of sp³-hybridized carbons (Fsp3) is 0.615. The Morgan fingerprint density at radius 1 is 1.37 bits per heavy atom. The van der Waals surface area contributed by atoms with Gasteiger partial charge in [0.05, 0.1) is 5.02 Å². The third-order valence-electron chi connectivity index (χ3n) is 3.72. The average Bonchev–Trinajstić information content (AvgIpc) is 2.38. The summed E-state index contributed by atoms with van der Waals surface area (Å²) in [6.07, 6.45) is 7.30. The lowest BCUT2D eigenvalue weighted by Gasteiger charge is -2.26. The topological polar surface area (TPSA) is 59.1 Å². The van der Waals surface area contributed by atoms with Gasteiger partial charge in [-0.25, -0.2) is 13.1 Å². The van der Waals surface area contributed by atoms with E-state index in [0.29, 0.717) is 12.5 Å². The second-order valence-corrected chi connectivity index (χ2v) is 7.43. The van der Waals surface area contributed by atoms with Crippen LogP contribution in [0, 0.1) is 11.8 Å². The number of nitrogens with one attached hydrogen (secondary N) is 1. The molecule has 1 aromatic heterocycles. The van der Waals surface area contributed by atoms with Crippen LogP contribution < -0.4 is 4.72 Å². The Bertz CT molecular complexity index is 525. The Balaban J connectivity index is 1.97. The minimum Gasteiger partial charge on any atom is -0.263 e. The molecule has 0 spiro atoms. The van der Waals surface area contributed by atoms with Crippen LogP contribution in [0.3, 0.4) is 0 Å². The van der Waals surface area contributed by atoms with E-state index in [1.54, 1.807) is 0 Å². The standard InChI is InChI=1S/C13H19ClN2O2S/c1-10-2-4-11(5-3-10)8-16-19(17,18)13-9-15-7-6-12(13)14/h6-7,9-11,16H,2-5,8H2,1H3. The third kappa shape index (κ3) is 3.91. The van der Waals surface area contributed by atoms with Gasteiger partial charge in [0, 0.05) is 18.9 Å². The molecule has 1 saturated carbocycles. The number of aromatic nitrogens is 1. The van der Waals surface area contributed by atoms with Crippen molar-refractivity contribution < 1.29 is 8.42 Å². The molecule has 1 fully saturated rings. The smallest absolute Gasteiger partial charge is 0.243 e. The van der Waals surface area contributed by atoms with Gasteiger partial charge in [-0.05, 0) is 30.7 Å². The molecule has 4 nitrogen and oxygen atoms in total. The van der Waals surface area contributed by atoms with Gasteiger partial charge in [0.1, 0.15) is 4.90 Å². The summed E-state index contributed by atoms with van der Waals surface area (Å²) in [6.45, 7) is 2.73. The van der Waals surface area contributed by atoms with E-state index in [0.717, 1.165) is 18.8 Å². The molecule has 6 heteroatoms. The van der Waals surface area contributed by atoms with Crippen LogP contribution in [0.4, 0.5) is 0 Å². The maximum Gasteiger partial charge on any atom is 0.243 e. The molecule has 0 atom stereocenters. The Kier molecular flexibility index (Phi) is 4.81. The Hall–Kier alpha value is -0.650. The summed E-state index contributed by atoms with van der Waals surface area (Å²) in [5.74, 6) is 1.20. The predicted molar refractivity (Wildman–Crippen MR) is 75.6 cm³/mol. The van der Waals surface area contributed by atoms with E-state index in [1.165, 1.54) is 31.3 Å². The highest BCUT2D eigenvalue weighted by molar-refractivity contribution is 7.89. The van der Waals surface area contributed by atoms with Crippen LogP contribution in [0.25, 0.3) is 0 Å². The first kappa shape index (κ1) is 14.8. The lowest BCUT2D eigenvalue weighted by Crippen LogP contribution is -2.31. The zero-order valence-electron chi connectivity index (χ0n) is 11.0. The molecule has 0 saturated heterocycles. The van der Waals surface area contributed by atoms with Crippen molar-refractivity contribution >= 4 is 21.6 Å². The van der Waals surface area contributed by atoms with E-state index < -0.39 is 10.0 Å². The van der Waals surface area contributed by atoms with Gasteiger partial charge in [0.25, 0.3) is 0 Å². The van der Waals surface area contributed by atoms with Gasteiger partial charge in [-0.1, -0.05) is 31.4 Å². The summed E-state index contributed by atoms with van der Waals surface area (Å²) in [5, 5.41) is 0.208. The molecule has 19 heavy (non-hydrogen) atoms. The quantitative estimate of drug-likeness (QED) is 0.930. The van der Waals surface area contributed by atoms with Crippen molar-refractivity contribution in [3.05, 3.63) is 23.5 Å². The number of hydrogen-bond acceptors (Lipinski definition) is 3. The molecule has 0 amide bonds. The predicted octanol–water partition coefficient (Wildman–Crippen LogP) is 2.84. The minimum absolute atomic E-state index is 0.0563. The minimum atomic E-state index is -3.55. The molecule has 0 unspecified atom stereocenters. The average molecular weight is 303 g/mol.